The van der Waals surface area contributed by atoms with Crippen molar-refractivity contribution < 1.29 is 27.8 Å². The number of alkyl halides is 3. The third kappa shape index (κ3) is 4.44. The van der Waals surface area contributed by atoms with Gasteiger partial charge in [0.2, 0.25) is 5.75 Å². The van der Waals surface area contributed by atoms with Crippen LogP contribution < -0.4 is 14.9 Å². The van der Waals surface area contributed by atoms with Gasteiger partial charge < -0.3 is 14.6 Å². The quantitative estimate of drug-likeness (QED) is 0.612. The van der Waals surface area contributed by atoms with E-state index in [0.717, 1.165) is 6.07 Å². The number of aromatic hydroxyl groups is 1. The third-order valence-electron chi connectivity index (χ3n) is 3.05. The van der Waals surface area contributed by atoms with Crippen molar-refractivity contribution in [3.63, 3.8) is 0 Å². The van der Waals surface area contributed by atoms with Gasteiger partial charge in [-0.15, -0.1) is 0 Å². The fraction of sp³-hybridized carbons (Fsp3) is 0.200. The first-order chi connectivity index (χ1) is 11.8. The number of pyridine rings is 1. The zero-order valence-electron chi connectivity index (χ0n) is 13.1. The van der Waals surface area contributed by atoms with Gasteiger partial charge in [0, 0.05) is 11.8 Å². The molecule has 0 aliphatic heterocycles. The highest BCUT2D eigenvalue weighted by Crippen LogP contribution is 2.36. The lowest BCUT2D eigenvalue weighted by molar-refractivity contribution is -0.137. The Morgan fingerprint density at radius 1 is 1.20 bits per heavy atom. The highest BCUT2D eigenvalue weighted by Gasteiger charge is 2.31. The Bertz CT molecular complexity index is 772. The Hall–Kier alpha value is -2.68. The molecule has 25 heavy (non-hydrogen) atoms. The first kappa shape index (κ1) is 18.7. The zero-order chi connectivity index (χ0) is 18.6. The molecule has 0 radical (unpaired) electrons. The van der Waals surface area contributed by atoms with E-state index in [9.17, 15) is 18.3 Å². The fourth-order valence-electron chi connectivity index (χ4n) is 1.83. The summed E-state index contributed by atoms with van der Waals surface area (Å²) < 4.78 is 47.7. The molecule has 134 valence electrons. The van der Waals surface area contributed by atoms with Gasteiger partial charge in [0.05, 0.1) is 31.0 Å². The number of benzene rings is 1. The fourth-order valence-corrected chi connectivity index (χ4v) is 2.04. The minimum absolute atomic E-state index is 0.0383. The van der Waals surface area contributed by atoms with Crippen molar-refractivity contribution in [2.75, 3.05) is 19.6 Å². The zero-order valence-corrected chi connectivity index (χ0v) is 13.8. The summed E-state index contributed by atoms with van der Waals surface area (Å²) in [6.07, 6.45) is -2.55. The predicted molar refractivity (Wildman–Crippen MR) is 86.7 cm³/mol. The number of hydrogen-bond donors (Lipinski definition) is 2. The number of hydrogen-bond acceptors (Lipinski definition) is 6. The van der Waals surface area contributed by atoms with Gasteiger partial charge in [-0.3, -0.25) is 5.43 Å². The molecule has 0 bridgehead atoms. The summed E-state index contributed by atoms with van der Waals surface area (Å²) in [4.78, 5) is 3.59. The number of nitrogens with one attached hydrogen (secondary N) is 1. The topological polar surface area (TPSA) is 76.0 Å². The molecule has 0 saturated carbocycles. The number of phenols is 1. The van der Waals surface area contributed by atoms with Crippen LogP contribution in [-0.2, 0) is 6.18 Å². The molecule has 1 aromatic carbocycles. The van der Waals surface area contributed by atoms with Crippen molar-refractivity contribution in [3.8, 4) is 17.2 Å². The van der Waals surface area contributed by atoms with E-state index < -0.39 is 11.7 Å². The van der Waals surface area contributed by atoms with Crippen molar-refractivity contribution in [1.82, 2.24) is 4.98 Å². The lowest BCUT2D eigenvalue weighted by atomic mass is 10.2. The van der Waals surface area contributed by atoms with E-state index in [2.05, 4.69) is 15.5 Å². The lowest BCUT2D eigenvalue weighted by Gasteiger charge is -2.09. The van der Waals surface area contributed by atoms with E-state index in [1.807, 2.05) is 0 Å². The van der Waals surface area contributed by atoms with E-state index >= 15 is 0 Å². The second kappa shape index (κ2) is 7.47. The summed E-state index contributed by atoms with van der Waals surface area (Å²) >= 11 is 5.76. The summed E-state index contributed by atoms with van der Waals surface area (Å²) in [6.45, 7) is 0. The largest absolute Gasteiger partial charge is 0.502 e. The molecule has 0 aliphatic rings. The Morgan fingerprint density at radius 3 is 2.28 bits per heavy atom. The van der Waals surface area contributed by atoms with Crippen LogP contribution in [0.4, 0.5) is 19.0 Å². The van der Waals surface area contributed by atoms with Crippen molar-refractivity contribution in [3.05, 3.63) is 40.5 Å². The number of nitrogens with zero attached hydrogens (tertiary/aromatic N) is 2. The molecule has 2 N–H and O–H groups in total. The first-order valence-corrected chi connectivity index (χ1v) is 7.11. The molecule has 0 atom stereocenters. The molecular weight excluding hydrogens is 363 g/mol. The Kier molecular flexibility index (Phi) is 5.58. The number of rotatable bonds is 5. The molecule has 0 saturated heterocycles. The van der Waals surface area contributed by atoms with Gasteiger partial charge in [-0.1, -0.05) is 11.6 Å². The predicted octanol–water partition coefficient (Wildman–Crippen LogP) is 3.92. The minimum Gasteiger partial charge on any atom is -0.502 e. The second-order valence-corrected chi connectivity index (χ2v) is 5.10. The summed E-state index contributed by atoms with van der Waals surface area (Å²) in [6, 6.07) is 3.73. The van der Waals surface area contributed by atoms with Crippen LogP contribution in [0.3, 0.4) is 0 Å². The molecule has 6 nitrogen and oxygen atoms in total. The molecule has 1 heterocycles. The van der Waals surface area contributed by atoms with Gasteiger partial charge in [-0.05, 0) is 18.2 Å². The average Bonchev–Trinajstić information content (AvgIpc) is 2.56. The number of ether oxygens (including phenoxy) is 2. The standard InChI is InChI=1S/C15H13ClF3N3O3/c1-24-11-3-8(4-12(25-2)13(11)23)6-21-22-14-10(16)5-9(7-20-14)15(17,18)19/h3-7,23H,1-2H3,(H,20,22)/b21-6+. The Balaban J connectivity index is 2.19. The van der Waals surface area contributed by atoms with E-state index in [0.29, 0.717) is 11.8 Å². The maximum absolute atomic E-state index is 12.6. The van der Waals surface area contributed by atoms with Gasteiger partial charge in [0.15, 0.2) is 17.3 Å². The van der Waals surface area contributed by atoms with Crippen LogP contribution in [0.15, 0.2) is 29.5 Å². The summed E-state index contributed by atoms with van der Waals surface area (Å²) in [7, 11) is 2.75. The van der Waals surface area contributed by atoms with Crippen LogP contribution in [0.5, 0.6) is 17.2 Å². The smallest absolute Gasteiger partial charge is 0.417 e. The molecule has 10 heteroatoms. The van der Waals surface area contributed by atoms with Gasteiger partial charge in [-0.25, -0.2) is 4.98 Å². The van der Waals surface area contributed by atoms with Crippen molar-refractivity contribution >= 4 is 23.6 Å². The van der Waals surface area contributed by atoms with Crippen LogP contribution in [0.1, 0.15) is 11.1 Å². The molecule has 1 aromatic heterocycles. The number of anilines is 1. The Morgan fingerprint density at radius 2 is 1.80 bits per heavy atom. The van der Waals surface area contributed by atoms with Crippen molar-refractivity contribution in [2.24, 2.45) is 5.10 Å². The Labute approximate surface area is 145 Å². The molecule has 2 rings (SSSR count). The average molecular weight is 376 g/mol. The first-order valence-electron chi connectivity index (χ1n) is 6.73. The van der Waals surface area contributed by atoms with Gasteiger partial charge in [-0.2, -0.15) is 18.3 Å². The molecule has 0 fully saturated rings. The van der Waals surface area contributed by atoms with Crippen LogP contribution in [0.25, 0.3) is 0 Å². The molecule has 0 unspecified atom stereocenters. The lowest BCUT2D eigenvalue weighted by Crippen LogP contribution is -2.06. The highest BCUT2D eigenvalue weighted by atomic mass is 35.5. The van der Waals surface area contributed by atoms with E-state index in [-0.39, 0.29) is 28.1 Å². The summed E-state index contributed by atoms with van der Waals surface area (Å²) in [5.41, 5.74) is 1.99. The molecule has 0 aliphatic carbocycles. The number of aromatic nitrogens is 1. The molecule has 0 spiro atoms. The molecule has 0 amide bonds. The van der Waals surface area contributed by atoms with Gasteiger partial charge in [0.1, 0.15) is 0 Å². The normalized spacial score (nSPS) is 11.6. The van der Waals surface area contributed by atoms with Crippen LogP contribution in [0.2, 0.25) is 5.02 Å². The molecular formula is C15H13ClF3N3O3. The monoisotopic (exact) mass is 375 g/mol. The van der Waals surface area contributed by atoms with E-state index in [4.69, 9.17) is 21.1 Å². The SMILES string of the molecule is COc1cc(/C=N/Nc2ncc(C(F)(F)F)cc2Cl)cc(OC)c1O. The van der Waals surface area contributed by atoms with Gasteiger partial charge in [0.25, 0.3) is 0 Å². The van der Waals surface area contributed by atoms with Crippen LogP contribution in [0, 0.1) is 0 Å². The summed E-state index contributed by atoms with van der Waals surface area (Å²) in [5, 5.41) is 13.4. The van der Waals surface area contributed by atoms with Crippen molar-refractivity contribution in [2.45, 2.75) is 6.18 Å². The number of hydrazone groups is 1. The van der Waals surface area contributed by atoms with Crippen LogP contribution >= 0.6 is 11.6 Å². The number of methoxy groups -OCH3 is 2. The highest BCUT2D eigenvalue weighted by molar-refractivity contribution is 6.32. The van der Waals surface area contributed by atoms with E-state index in [1.165, 1.54) is 32.6 Å². The van der Waals surface area contributed by atoms with E-state index in [1.54, 1.807) is 0 Å². The van der Waals surface area contributed by atoms with Crippen molar-refractivity contribution in [1.29, 1.82) is 0 Å². The molecule has 2 aromatic rings. The second-order valence-electron chi connectivity index (χ2n) is 4.70. The minimum atomic E-state index is -4.53. The van der Waals surface area contributed by atoms with Crippen LogP contribution in [-0.4, -0.2) is 30.5 Å². The number of phenolic OH excluding ortho intramolecular Hbond substituents is 1. The summed E-state index contributed by atoms with van der Waals surface area (Å²) in [5.74, 6) is 0.143. The maximum Gasteiger partial charge on any atom is 0.417 e. The third-order valence-corrected chi connectivity index (χ3v) is 3.34. The number of halogens is 4. The maximum atomic E-state index is 12.6. The van der Waals surface area contributed by atoms with Gasteiger partial charge >= 0.3 is 6.18 Å².